The second-order valence-corrected chi connectivity index (χ2v) is 6.29. The Hall–Kier alpha value is -3.38. The van der Waals surface area contributed by atoms with Crippen molar-refractivity contribution in [3.8, 4) is 11.3 Å². The molecule has 0 unspecified atom stereocenters. The van der Waals surface area contributed by atoms with Crippen LogP contribution in [0.1, 0.15) is 16.1 Å². The number of benzene rings is 2. The van der Waals surface area contributed by atoms with Crippen LogP contribution in [0.3, 0.4) is 0 Å². The van der Waals surface area contributed by atoms with Gasteiger partial charge in [-0.1, -0.05) is 47.1 Å². The van der Waals surface area contributed by atoms with Crippen LogP contribution in [0.15, 0.2) is 74.4 Å². The van der Waals surface area contributed by atoms with Crippen LogP contribution in [-0.4, -0.2) is 11.1 Å². The minimum Gasteiger partial charge on any atom is -0.422 e. The Morgan fingerprint density at radius 3 is 2.67 bits per heavy atom. The van der Waals surface area contributed by atoms with Crippen molar-refractivity contribution in [1.82, 2.24) is 10.5 Å². The third-order valence-electron chi connectivity index (χ3n) is 4.01. The first kappa shape index (κ1) is 17.1. The Kier molecular flexibility index (Phi) is 4.48. The summed E-state index contributed by atoms with van der Waals surface area (Å²) >= 11 is 5.87. The normalized spacial score (nSPS) is 10.9. The van der Waals surface area contributed by atoms with Gasteiger partial charge >= 0.3 is 5.63 Å². The first-order valence-electron chi connectivity index (χ1n) is 8.13. The van der Waals surface area contributed by atoms with Crippen molar-refractivity contribution >= 4 is 28.5 Å². The van der Waals surface area contributed by atoms with E-state index in [4.69, 9.17) is 20.5 Å². The molecule has 27 heavy (non-hydrogen) atoms. The quantitative estimate of drug-likeness (QED) is 0.540. The van der Waals surface area contributed by atoms with Gasteiger partial charge in [-0.2, -0.15) is 0 Å². The van der Waals surface area contributed by atoms with E-state index in [2.05, 4.69) is 10.5 Å². The summed E-state index contributed by atoms with van der Waals surface area (Å²) in [5.74, 6) is -0.0857. The molecule has 0 spiro atoms. The number of hydrogen-bond donors (Lipinski definition) is 1. The van der Waals surface area contributed by atoms with Crippen LogP contribution in [0.2, 0.25) is 5.02 Å². The summed E-state index contributed by atoms with van der Waals surface area (Å²) in [6, 6.07) is 17.4. The smallest absolute Gasteiger partial charge is 0.349 e. The van der Waals surface area contributed by atoms with E-state index >= 15 is 0 Å². The minimum atomic E-state index is -0.689. The lowest BCUT2D eigenvalue weighted by molar-refractivity contribution is 0.0943. The van der Waals surface area contributed by atoms with Gasteiger partial charge in [-0.25, -0.2) is 4.79 Å². The van der Waals surface area contributed by atoms with Gasteiger partial charge in [0.15, 0.2) is 5.76 Å². The number of carbonyl (C=O) groups is 1. The maximum Gasteiger partial charge on any atom is 0.349 e. The lowest BCUT2D eigenvalue weighted by Gasteiger charge is -2.03. The van der Waals surface area contributed by atoms with E-state index in [0.29, 0.717) is 27.4 Å². The number of rotatable bonds is 4. The number of para-hydroxylation sites is 1. The monoisotopic (exact) mass is 380 g/mol. The van der Waals surface area contributed by atoms with E-state index in [-0.39, 0.29) is 12.1 Å². The molecule has 0 atom stereocenters. The van der Waals surface area contributed by atoms with Crippen LogP contribution in [0.5, 0.6) is 0 Å². The van der Waals surface area contributed by atoms with Gasteiger partial charge in [-0.3, -0.25) is 4.79 Å². The van der Waals surface area contributed by atoms with Crippen LogP contribution in [0.4, 0.5) is 0 Å². The molecule has 0 saturated heterocycles. The molecule has 2 aromatic heterocycles. The Labute approximate surface area is 158 Å². The van der Waals surface area contributed by atoms with Crippen LogP contribution in [0, 0.1) is 0 Å². The third-order valence-corrected chi connectivity index (χ3v) is 4.26. The number of halogens is 1. The average Bonchev–Trinajstić information content (AvgIpc) is 3.15. The molecule has 0 fully saturated rings. The van der Waals surface area contributed by atoms with Crippen molar-refractivity contribution in [2.45, 2.75) is 6.54 Å². The predicted molar refractivity (Wildman–Crippen MR) is 101 cm³/mol. The zero-order valence-electron chi connectivity index (χ0n) is 13.9. The van der Waals surface area contributed by atoms with Gasteiger partial charge in [0.2, 0.25) is 0 Å². The molecule has 0 saturated carbocycles. The van der Waals surface area contributed by atoms with Crippen molar-refractivity contribution in [3.05, 3.63) is 87.4 Å². The van der Waals surface area contributed by atoms with Gasteiger partial charge < -0.3 is 14.3 Å². The molecule has 2 aromatic carbocycles. The number of hydrogen-bond acceptors (Lipinski definition) is 5. The Morgan fingerprint density at radius 2 is 1.85 bits per heavy atom. The summed E-state index contributed by atoms with van der Waals surface area (Å²) in [7, 11) is 0. The lowest BCUT2D eigenvalue weighted by atomic mass is 10.1. The summed E-state index contributed by atoms with van der Waals surface area (Å²) in [6.07, 6.45) is 0. The molecule has 134 valence electrons. The summed E-state index contributed by atoms with van der Waals surface area (Å²) < 4.78 is 10.4. The highest BCUT2D eigenvalue weighted by molar-refractivity contribution is 6.30. The van der Waals surface area contributed by atoms with Gasteiger partial charge in [0.25, 0.3) is 5.91 Å². The summed E-state index contributed by atoms with van der Waals surface area (Å²) in [4.78, 5) is 24.4. The van der Waals surface area contributed by atoms with Gasteiger partial charge in [-0.15, -0.1) is 0 Å². The summed E-state index contributed by atoms with van der Waals surface area (Å²) in [6.45, 7) is 0.0890. The van der Waals surface area contributed by atoms with Crippen molar-refractivity contribution in [3.63, 3.8) is 0 Å². The number of aromatic nitrogens is 1. The van der Waals surface area contributed by atoms with Crippen LogP contribution >= 0.6 is 11.6 Å². The first-order chi connectivity index (χ1) is 13.1. The van der Waals surface area contributed by atoms with Gasteiger partial charge in [0, 0.05) is 22.0 Å². The van der Waals surface area contributed by atoms with E-state index in [0.717, 1.165) is 5.56 Å². The van der Waals surface area contributed by atoms with Crippen LogP contribution in [0.25, 0.3) is 22.2 Å². The molecular formula is C20H13ClN2O4. The van der Waals surface area contributed by atoms with E-state index in [1.54, 1.807) is 42.5 Å². The fraction of sp³-hybridized carbons (Fsp3) is 0.0500. The highest BCUT2D eigenvalue weighted by Gasteiger charge is 2.14. The zero-order chi connectivity index (χ0) is 18.8. The van der Waals surface area contributed by atoms with Crippen molar-refractivity contribution < 1.29 is 13.7 Å². The predicted octanol–water partition coefficient (Wildman–Crippen LogP) is 4.03. The molecule has 7 heteroatoms. The maximum atomic E-state index is 12.3. The molecule has 6 nitrogen and oxygen atoms in total. The molecule has 4 aromatic rings. The lowest BCUT2D eigenvalue weighted by Crippen LogP contribution is -2.27. The standard InChI is InChI=1S/C20H13ClN2O4/c21-14-7-5-12(6-8-14)17-10-15(27-23-17)11-22-19(24)16-9-13-3-1-2-4-18(13)26-20(16)25/h1-10H,11H2,(H,22,24). The number of nitrogens with one attached hydrogen (secondary N) is 1. The Morgan fingerprint density at radius 1 is 1.07 bits per heavy atom. The van der Waals surface area contributed by atoms with Gasteiger partial charge in [0.1, 0.15) is 16.8 Å². The first-order valence-corrected chi connectivity index (χ1v) is 8.50. The number of nitrogens with zero attached hydrogens (tertiary/aromatic N) is 1. The Balaban J connectivity index is 1.49. The number of amides is 1. The number of fused-ring (bicyclic) bond motifs is 1. The van der Waals surface area contributed by atoms with Gasteiger partial charge in [0.05, 0.1) is 6.54 Å². The fourth-order valence-corrected chi connectivity index (χ4v) is 2.76. The topological polar surface area (TPSA) is 85.3 Å². The molecule has 2 heterocycles. The molecule has 1 amide bonds. The Bertz CT molecular complexity index is 1180. The average molecular weight is 381 g/mol. The highest BCUT2D eigenvalue weighted by atomic mass is 35.5. The highest BCUT2D eigenvalue weighted by Crippen LogP contribution is 2.21. The van der Waals surface area contributed by atoms with E-state index in [1.165, 1.54) is 6.07 Å². The van der Waals surface area contributed by atoms with Crippen molar-refractivity contribution in [1.29, 1.82) is 0 Å². The largest absolute Gasteiger partial charge is 0.422 e. The summed E-state index contributed by atoms with van der Waals surface area (Å²) in [5, 5.41) is 7.92. The maximum absolute atomic E-state index is 12.3. The zero-order valence-corrected chi connectivity index (χ0v) is 14.7. The molecule has 0 aliphatic rings. The SMILES string of the molecule is O=C(NCc1cc(-c2ccc(Cl)cc2)no1)c1cc2ccccc2oc1=O. The van der Waals surface area contributed by atoms with E-state index < -0.39 is 11.5 Å². The number of carbonyl (C=O) groups excluding carboxylic acids is 1. The van der Waals surface area contributed by atoms with E-state index in [1.807, 2.05) is 12.1 Å². The molecule has 1 N–H and O–H groups in total. The van der Waals surface area contributed by atoms with Crippen LogP contribution in [-0.2, 0) is 6.54 Å². The molecule has 0 aliphatic carbocycles. The van der Waals surface area contributed by atoms with Crippen molar-refractivity contribution in [2.75, 3.05) is 0 Å². The summed E-state index contributed by atoms with van der Waals surface area (Å²) in [5.41, 5.74) is 1.15. The molecule has 0 radical (unpaired) electrons. The molecular weight excluding hydrogens is 368 g/mol. The molecule has 4 rings (SSSR count). The van der Waals surface area contributed by atoms with Crippen molar-refractivity contribution in [2.24, 2.45) is 0 Å². The van der Waals surface area contributed by atoms with E-state index in [9.17, 15) is 9.59 Å². The van der Waals surface area contributed by atoms with Gasteiger partial charge in [-0.05, 0) is 24.3 Å². The second kappa shape index (κ2) is 7.09. The third kappa shape index (κ3) is 3.61. The second-order valence-electron chi connectivity index (χ2n) is 5.85. The molecule has 0 bridgehead atoms. The minimum absolute atomic E-state index is 0.0638. The fourth-order valence-electron chi connectivity index (χ4n) is 2.64. The molecule has 0 aliphatic heterocycles. The van der Waals surface area contributed by atoms with Crippen LogP contribution < -0.4 is 10.9 Å².